The van der Waals surface area contributed by atoms with Crippen LogP contribution in [0.3, 0.4) is 0 Å². The van der Waals surface area contributed by atoms with E-state index in [0.717, 1.165) is 31.3 Å². The molecule has 4 bridgehead atoms. The average Bonchev–Trinajstić information content (AvgIpc) is 3.32. The molecule has 4 aliphatic rings. The lowest BCUT2D eigenvalue weighted by atomic mass is 9.79. The molecule has 0 radical (unpaired) electrons. The summed E-state index contributed by atoms with van der Waals surface area (Å²) >= 11 is 0. The van der Waals surface area contributed by atoms with E-state index in [2.05, 4.69) is 0 Å². The van der Waals surface area contributed by atoms with Gasteiger partial charge in [-0.3, -0.25) is 19.2 Å². The molecule has 0 amide bonds. The van der Waals surface area contributed by atoms with E-state index in [-0.39, 0.29) is 17.8 Å². The minimum Gasteiger partial charge on any atom is -0.481 e. The molecule has 0 aromatic carbocycles. The molecule has 0 heterocycles. The van der Waals surface area contributed by atoms with Crippen LogP contribution in [0.25, 0.3) is 0 Å². The summed E-state index contributed by atoms with van der Waals surface area (Å²) in [5.41, 5.74) is 0.810. The highest BCUT2D eigenvalue weighted by Crippen LogP contribution is 2.52. The summed E-state index contributed by atoms with van der Waals surface area (Å²) in [6.45, 7) is 0. The summed E-state index contributed by atoms with van der Waals surface area (Å²) in [6.07, 6.45) is 5.86. The van der Waals surface area contributed by atoms with Gasteiger partial charge in [0.05, 0.1) is 23.7 Å². The third kappa shape index (κ3) is 2.97. The highest BCUT2D eigenvalue weighted by molar-refractivity contribution is 5.84. The van der Waals surface area contributed by atoms with Crippen molar-refractivity contribution >= 4 is 23.9 Å². The Morgan fingerprint density at radius 1 is 0.731 bits per heavy atom. The SMILES string of the molecule is O=C(O)C1C2=CCC(C2)C1C(=O)O.O=C(O)C1C2CCC(C2)C1C(=O)O. The fourth-order valence-corrected chi connectivity index (χ4v) is 5.46. The number of carboxylic acids is 4. The molecule has 0 saturated heterocycles. The zero-order valence-electron chi connectivity index (χ0n) is 14.1. The van der Waals surface area contributed by atoms with Crippen molar-refractivity contribution in [3.63, 3.8) is 0 Å². The van der Waals surface area contributed by atoms with Crippen LogP contribution in [0, 0.1) is 41.4 Å². The Kier molecular flexibility index (Phi) is 4.77. The summed E-state index contributed by atoms with van der Waals surface area (Å²) in [4.78, 5) is 43.3. The minimum atomic E-state index is -0.999. The summed E-state index contributed by atoms with van der Waals surface area (Å²) in [6, 6.07) is 0. The minimum absolute atomic E-state index is 0.0219. The van der Waals surface area contributed by atoms with Crippen LogP contribution in [0.4, 0.5) is 0 Å². The Morgan fingerprint density at radius 3 is 1.62 bits per heavy atom. The first-order valence-electron chi connectivity index (χ1n) is 8.82. The second kappa shape index (κ2) is 6.74. The average molecular weight is 366 g/mol. The molecular formula is C18H22O8. The fourth-order valence-electron chi connectivity index (χ4n) is 5.46. The molecule has 0 aromatic rings. The second-order valence-corrected chi connectivity index (χ2v) is 7.72. The maximum Gasteiger partial charge on any atom is 0.311 e. The van der Waals surface area contributed by atoms with Crippen molar-refractivity contribution in [3.05, 3.63) is 11.6 Å². The van der Waals surface area contributed by atoms with Crippen molar-refractivity contribution < 1.29 is 39.6 Å². The van der Waals surface area contributed by atoms with Crippen molar-refractivity contribution in [3.8, 4) is 0 Å². The van der Waals surface area contributed by atoms with E-state index in [0.29, 0.717) is 6.42 Å². The van der Waals surface area contributed by atoms with Gasteiger partial charge in [0, 0.05) is 0 Å². The Bertz CT molecular complexity index is 655. The number of hydrogen-bond acceptors (Lipinski definition) is 4. The molecular weight excluding hydrogens is 344 g/mol. The quantitative estimate of drug-likeness (QED) is 0.548. The highest BCUT2D eigenvalue weighted by atomic mass is 16.4. The topological polar surface area (TPSA) is 149 Å². The Morgan fingerprint density at radius 2 is 1.23 bits per heavy atom. The molecule has 0 spiro atoms. The van der Waals surface area contributed by atoms with E-state index >= 15 is 0 Å². The molecule has 26 heavy (non-hydrogen) atoms. The van der Waals surface area contributed by atoms with E-state index in [1.165, 1.54) is 0 Å². The monoisotopic (exact) mass is 366 g/mol. The van der Waals surface area contributed by atoms with Gasteiger partial charge in [0.2, 0.25) is 0 Å². The van der Waals surface area contributed by atoms with E-state index in [9.17, 15) is 19.2 Å². The van der Waals surface area contributed by atoms with Crippen molar-refractivity contribution in [1.82, 2.24) is 0 Å². The molecule has 4 aliphatic carbocycles. The first-order chi connectivity index (χ1) is 12.2. The van der Waals surface area contributed by atoms with E-state index in [1.807, 2.05) is 6.08 Å². The first kappa shape index (κ1) is 18.4. The highest BCUT2D eigenvalue weighted by Gasteiger charge is 2.54. The van der Waals surface area contributed by atoms with E-state index in [4.69, 9.17) is 20.4 Å². The van der Waals surface area contributed by atoms with Crippen LogP contribution in [-0.4, -0.2) is 44.3 Å². The largest absolute Gasteiger partial charge is 0.481 e. The first-order valence-corrected chi connectivity index (χ1v) is 8.82. The molecule has 3 saturated carbocycles. The van der Waals surface area contributed by atoms with Gasteiger partial charge in [0.1, 0.15) is 0 Å². The van der Waals surface area contributed by atoms with Gasteiger partial charge in [-0.15, -0.1) is 0 Å². The van der Waals surface area contributed by atoms with Crippen molar-refractivity contribution in [1.29, 1.82) is 0 Å². The Balaban J connectivity index is 0.000000151. The van der Waals surface area contributed by atoms with Crippen molar-refractivity contribution in [2.75, 3.05) is 0 Å². The number of rotatable bonds is 4. The molecule has 8 nitrogen and oxygen atoms in total. The van der Waals surface area contributed by atoms with Crippen LogP contribution in [0.15, 0.2) is 11.6 Å². The van der Waals surface area contributed by atoms with Gasteiger partial charge in [-0.2, -0.15) is 0 Å². The van der Waals surface area contributed by atoms with E-state index in [1.54, 1.807) is 0 Å². The number of aliphatic carboxylic acids is 4. The van der Waals surface area contributed by atoms with Crippen LogP contribution in [0.1, 0.15) is 32.1 Å². The van der Waals surface area contributed by atoms with Crippen LogP contribution < -0.4 is 0 Å². The van der Waals surface area contributed by atoms with Gasteiger partial charge < -0.3 is 20.4 Å². The van der Waals surface area contributed by atoms with Crippen molar-refractivity contribution in [2.24, 2.45) is 41.4 Å². The molecule has 4 rings (SSSR count). The van der Waals surface area contributed by atoms with Crippen LogP contribution >= 0.6 is 0 Å². The smallest absolute Gasteiger partial charge is 0.311 e. The summed E-state index contributed by atoms with van der Waals surface area (Å²) in [5, 5.41) is 35.5. The van der Waals surface area contributed by atoms with Gasteiger partial charge in [-0.25, -0.2) is 0 Å². The Labute approximate surface area is 149 Å². The molecule has 4 N–H and O–H groups in total. The summed E-state index contributed by atoms with van der Waals surface area (Å²) < 4.78 is 0. The van der Waals surface area contributed by atoms with Crippen LogP contribution in [0.2, 0.25) is 0 Å². The summed E-state index contributed by atoms with van der Waals surface area (Å²) in [5.74, 6) is -6.30. The molecule has 3 fully saturated rings. The molecule has 7 unspecified atom stereocenters. The van der Waals surface area contributed by atoms with Gasteiger partial charge in [0.15, 0.2) is 0 Å². The standard InChI is InChI=1S/C9H12O4.C9H10O4/c2*10-8(11)6-4-1-2-5(3-4)7(6)9(12)13/h4-7H,1-3H2,(H,10,11)(H,12,13);1,5-7H,2-3H2,(H,10,11)(H,12,13). The zero-order valence-corrected chi connectivity index (χ0v) is 14.1. The van der Waals surface area contributed by atoms with Gasteiger partial charge in [-0.05, 0) is 49.9 Å². The normalized spacial score (nSPS) is 39.1. The molecule has 7 atom stereocenters. The third-order valence-electron chi connectivity index (χ3n) is 6.49. The van der Waals surface area contributed by atoms with Gasteiger partial charge in [-0.1, -0.05) is 11.6 Å². The van der Waals surface area contributed by atoms with Crippen LogP contribution in [0.5, 0.6) is 0 Å². The number of carboxylic acid groups (broad SMARTS) is 4. The summed E-state index contributed by atoms with van der Waals surface area (Å²) in [7, 11) is 0. The predicted molar refractivity (Wildman–Crippen MR) is 86.1 cm³/mol. The van der Waals surface area contributed by atoms with Gasteiger partial charge in [0.25, 0.3) is 0 Å². The number of allylic oxidation sites excluding steroid dienone is 1. The van der Waals surface area contributed by atoms with E-state index < -0.39 is 47.5 Å². The lowest BCUT2D eigenvalue weighted by molar-refractivity contribution is -0.156. The fraction of sp³-hybridized carbons (Fsp3) is 0.667. The van der Waals surface area contributed by atoms with Crippen LogP contribution in [-0.2, 0) is 19.2 Å². The lowest BCUT2D eigenvalue weighted by Gasteiger charge is -2.24. The second-order valence-electron chi connectivity index (χ2n) is 7.72. The number of fused-ring (bicyclic) bond motifs is 4. The van der Waals surface area contributed by atoms with Gasteiger partial charge >= 0.3 is 23.9 Å². The molecule has 0 aromatic heterocycles. The zero-order chi connectivity index (χ0) is 19.2. The third-order valence-corrected chi connectivity index (χ3v) is 6.49. The molecule has 0 aliphatic heterocycles. The number of carbonyl (C=O) groups is 4. The maximum absolute atomic E-state index is 10.8. The predicted octanol–water partition coefficient (Wildman–Crippen LogP) is 1.56. The van der Waals surface area contributed by atoms with Crippen molar-refractivity contribution in [2.45, 2.75) is 32.1 Å². The Hall–Kier alpha value is -2.38. The molecule has 8 heteroatoms. The maximum atomic E-state index is 10.8. The lowest BCUT2D eigenvalue weighted by Crippen LogP contribution is -2.34. The number of hydrogen-bond donors (Lipinski definition) is 4. The molecule has 142 valence electrons.